The maximum absolute atomic E-state index is 13.1. The predicted molar refractivity (Wildman–Crippen MR) is 142 cm³/mol. The lowest BCUT2D eigenvalue weighted by atomic mass is 10.1. The first kappa shape index (κ1) is 27.7. The van der Waals surface area contributed by atoms with Gasteiger partial charge in [-0.3, -0.25) is 23.9 Å². The topological polar surface area (TPSA) is 127 Å². The number of para-hydroxylation sites is 1. The van der Waals surface area contributed by atoms with Gasteiger partial charge in [0.05, 0.1) is 0 Å². The number of hydrogen-bond acceptors (Lipinski definition) is 7. The zero-order chi connectivity index (χ0) is 25.3. The van der Waals surface area contributed by atoms with E-state index >= 15 is 0 Å². The Morgan fingerprint density at radius 3 is 2.76 bits per heavy atom. The fourth-order valence-corrected chi connectivity index (χ4v) is 4.16. The molecule has 0 radical (unpaired) electrons. The van der Waals surface area contributed by atoms with Crippen molar-refractivity contribution in [2.45, 2.75) is 38.8 Å². The Kier molecular flexibility index (Phi) is 10.0. The molecule has 1 aliphatic heterocycles. The van der Waals surface area contributed by atoms with Gasteiger partial charge in [0.2, 0.25) is 5.91 Å². The highest BCUT2D eigenvalue weighted by atomic mass is 35.5. The lowest BCUT2D eigenvalue weighted by molar-refractivity contribution is -0.124. The van der Waals surface area contributed by atoms with E-state index in [4.69, 9.17) is 4.74 Å². The highest BCUT2D eigenvalue weighted by Crippen LogP contribution is 2.24. The molecule has 1 atom stereocenters. The lowest BCUT2D eigenvalue weighted by Crippen LogP contribution is -2.36. The number of benzene rings is 1. The Hall–Kier alpha value is -3.92. The molecule has 1 aromatic carbocycles. The maximum atomic E-state index is 13.1. The third-order valence-electron chi connectivity index (χ3n) is 5.95. The van der Waals surface area contributed by atoms with Crippen LogP contribution in [-0.2, 0) is 29.0 Å². The van der Waals surface area contributed by atoms with E-state index in [9.17, 15) is 14.4 Å². The Bertz CT molecular complexity index is 1270. The molecule has 4 rings (SSSR count). The Morgan fingerprint density at radius 2 is 1.97 bits per heavy atom. The van der Waals surface area contributed by atoms with Gasteiger partial charge in [-0.1, -0.05) is 24.3 Å². The standard InChI is InChI=1S/C26H30N6O4.ClH/c1-2-28-23(33)17-36-22-8-4-3-7-19(22)15-31-25(34)21-10-9-20-16-30-24(26(35)32(20)21)29-13-11-18-6-5-12-27-14-18;/h3-8,12,14,16,21H,2,9-11,13,15,17H2,1H3,(H,28,33)(H,29,30)(H,31,34);1H/t21-;/m0./s1. The highest BCUT2D eigenvalue weighted by molar-refractivity contribution is 5.85. The average molecular weight is 527 g/mol. The number of aryl methyl sites for hydroxylation is 1. The number of likely N-dealkylation sites (N-methyl/N-ethyl adjacent to an activating group) is 1. The van der Waals surface area contributed by atoms with Crippen LogP contribution in [0.25, 0.3) is 0 Å². The first-order valence-electron chi connectivity index (χ1n) is 12.0. The molecule has 0 aliphatic carbocycles. The molecule has 0 unspecified atom stereocenters. The normalized spacial score (nSPS) is 13.7. The number of rotatable bonds is 11. The van der Waals surface area contributed by atoms with Crippen molar-refractivity contribution in [3.8, 4) is 5.75 Å². The highest BCUT2D eigenvalue weighted by Gasteiger charge is 2.30. The second-order valence-electron chi connectivity index (χ2n) is 8.43. The van der Waals surface area contributed by atoms with Gasteiger partial charge in [-0.05, 0) is 43.9 Å². The van der Waals surface area contributed by atoms with Gasteiger partial charge in [0, 0.05) is 49.5 Å². The second-order valence-corrected chi connectivity index (χ2v) is 8.43. The maximum Gasteiger partial charge on any atom is 0.294 e. The molecule has 196 valence electrons. The Balaban J connectivity index is 0.00000380. The van der Waals surface area contributed by atoms with Crippen molar-refractivity contribution in [1.29, 1.82) is 0 Å². The molecule has 11 heteroatoms. The smallest absolute Gasteiger partial charge is 0.294 e. The summed E-state index contributed by atoms with van der Waals surface area (Å²) in [6, 6.07) is 10.5. The molecule has 0 bridgehead atoms. The third kappa shape index (κ3) is 7.07. The first-order chi connectivity index (χ1) is 17.6. The minimum Gasteiger partial charge on any atom is -0.483 e. The number of nitrogens with zero attached hydrogens (tertiary/aromatic N) is 3. The number of ether oxygens (including phenoxy) is 1. The minimum atomic E-state index is -0.613. The molecular weight excluding hydrogens is 496 g/mol. The zero-order valence-electron chi connectivity index (χ0n) is 20.6. The fraction of sp³-hybridized carbons (Fsp3) is 0.346. The van der Waals surface area contributed by atoms with E-state index in [0.29, 0.717) is 38.1 Å². The summed E-state index contributed by atoms with van der Waals surface area (Å²) in [5, 5.41) is 8.70. The molecule has 3 N–H and O–H groups in total. The summed E-state index contributed by atoms with van der Waals surface area (Å²) in [4.78, 5) is 46.3. The molecule has 0 saturated heterocycles. The summed E-state index contributed by atoms with van der Waals surface area (Å²) in [7, 11) is 0. The Labute approximate surface area is 221 Å². The number of hydrogen-bond donors (Lipinski definition) is 3. The van der Waals surface area contributed by atoms with Crippen molar-refractivity contribution in [3.05, 3.63) is 82.2 Å². The number of amides is 2. The number of carbonyl (C=O) groups excluding carboxylic acids is 2. The van der Waals surface area contributed by atoms with Crippen LogP contribution in [0.2, 0.25) is 0 Å². The van der Waals surface area contributed by atoms with Crippen LogP contribution in [0.3, 0.4) is 0 Å². The number of carbonyl (C=O) groups is 2. The molecule has 2 aromatic heterocycles. The monoisotopic (exact) mass is 526 g/mol. The van der Waals surface area contributed by atoms with Crippen LogP contribution in [0.4, 0.5) is 5.82 Å². The van der Waals surface area contributed by atoms with E-state index in [-0.39, 0.29) is 48.8 Å². The molecular formula is C26H31ClN6O4. The molecule has 3 aromatic rings. The number of fused-ring (bicyclic) bond motifs is 1. The second kappa shape index (κ2) is 13.4. The summed E-state index contributed by atoms with van der Waals surface area (Å²) in [6.07, 6.45) is 6.98. The summed E-state index contributed by atoms with van der Waals surface area (Å²) in [5.41, 5.74) is 2.23. The van der Waals surface area contributed by atoms with Crippen molar-refractivity contribution >= 4 is 30.0 Å². The molecule has 2 amide bonds. The van der Waals surface area contributed by atoms with Crippen molar-refractivity contribution in [2.75, 3.05) is 25.0 Å². The molecule has 10 nitrogen and oxygen atoms in total. The summed E-state index contributed by atoms with van der Waals surface area (Å²) in [5.74, 6) is 0.294. The number of pyridine rings is 1. The minimum absolute atomic E-state index is 0. The average Bonchev–Trinajstić information content (AvgIpc) is 3.34. The van der Waals surface area contributed by atoms with Gasteiger partial charge in [0.25, 0.3) is 11.5 Å². The summed E-state index contributed by atoms with van der Waals surface area (Å²) >= 11 is 0. The van der Waals surface area contributed by atoms with Gasteiger partial charge >= 0.3 is 0 Å². The van der Waals surface area contributed by atoms with Crippen LogP contribution in [0.5, 0.6) is 5.75 Å². The largest absolute Gasteiger partial charge is 0.483 e. The van der Waals surface area contributed by atoms with Crippen LogP contribution in [0, 0.1) is 0 Å². The van der Waals surface area contributed by atoms with Crippen molar-refractivity contribution in [2.24, 2.45) is 0 Å². The van der Waals surface area contributed by atoms with Crippen LogP contribution in [-0.4, -0.2) is 46.0 Å². The van der Waals surface area contributed by atoms with E-state index in [1.165, 1.54) is 4.57 Å². The number of nitrogens with one attached hydrogen (secondary N) is 3. The molecule has 37 heavy (non-hydrogen) atoms. The van der Waals surface area contributed by atoms with E-state index in [0.717, 1.165) is 16.8 Å². The fourth-order valence-electron chi connectivity index (χ4n) is 4.16. The molecule has 0 spiro atoms. The van der Waals surface area contributed by atoms with Crippen molar-refractivity contribution in [1.82, 2.24) is 25.2 Å². The van der Waals surface area contributed by atoms with Crippen molar-refractivity contribution < 1.29 is 14.3 Å². The lowest BCUT2D eigenvalue weighted by Gasteiger charge is -2.17. The predicted octanol–water partition coefficient (Wildman–Crippen LogP) is 2.03. The number of aromatic nitrogens is 3. The summed E-state index contributed by atoms with van der Waals surface area (Å²) in [6.45, 7) is 3.00. The van der Waals surface area contributed by atoms with Gasteiger partial charge in [-0.2, -0.15) is 0 Å². The van der Waals surface area contributed by atoms with Gasteiger partial charge in [0.1, 0.15) is 11.8 Å². The zero-order valence-corrected chi connectivity index (χ0v) is 21.4. The van der Waals surface area contributed by atoms with Crippen LogP contribution in [0.15, 0.2) is 59.8 Å². The molecule has 3 heterocycles. The van der Waals surface area contributed by atoms with E-state index in [1.54, 1.807) is 30.7 Å². The quantitative estimate of drug-likeness (QED) is 0.349. The van der Waals surface area contributed by atoms with Gasteiger partial charge in [0.15, 0.2) is 12.4 Å². The van der Waals surface area contributed by atoms with Gasteiger partial charge in [-0.15, -0.1) is 12.4 Å². The Morgan fingerprint density at radius 1 is 1.14 bits per heavy atom. The molecule has 0 fully saturated rings. The first-order valence-corrected chi connectivity index (χ1v) is 12.0. The van der Waals surface area contributed by atoms with Gasteiger partial charge in [-0.25, -0.2) is 4.98 Å². The van der Waals surface area contributed by atoms with E-state index in [2.05, 4.69) is 25.9 Å². The van der Waals surface area contributed by atoms with E-state index < -0.39 is 6.04 Å². The van der Waals surface area contributed by atoms with Crippen LogP contribution < -0.4 is 26.2 Å². The number of anilines is 1. The van der Waals surface area contributed by atoms with Crippen LogP contribution >= 0.6 is 12.4 Å². The summed E-state index contributed by atoms with van der Waals surface area (Å²) < 4.78 is 7.16. The van der Waals surface area contributed by atoms with Gasteiger partial charge < -0.3 is 20.7 Å². The molecule has 1 aliphatic rings. The SMILES string of the molecule is CCNC(=O)COc1ccccc1CNC(=O)[C@@H]1CCc2cnc(NCCc3cccnc3)c(=O)n21.Cl. The molecule has 0 saturated carbocycles. The number of halogens is 1. The van der Waals surface area contributed by atoms with E-state index in [1.807, 2.05) is 31.2 Å². The van der Waals surface area contributed by atoms with Crippen LogP contribution in [0.1, 0.15) is 36.2 Å². The third-order valence-corrected chi connectivity index (χ3v) is 5.95. The van der Waals surface area contributed by atoms with Crippen molar-refractivity contribution in [3.63, 3.8) is 0 Å².